The second-order valence-corrected chi connectivity index (χ2v) is 5.81. The summed E-state index contributed by atoms with van der Waals surface area (Å²) >= 11 is 0. The van der Waals surface area contributed by atoms with E-state index in [1.54, 1.807) is 17.0 Å². The van der Waals surface area contributed by atoms with Crippen LogP contribution in [0.3, 0.4) is 0 Å². The maximum Gasteiger partial charge on any atom is 0.254 e. The van der Waals surface area contributed by atoms with Crippen LogP contribution in [0.15, 0.2) is 18.2 Å². The molecular formula is C15H21N3O3. The van der Waals surface area contributed by atoms with Crippen LogP contribution in [0.25, 0.3) is 0 Å². The van der Waals surface area contributed by atoms with Crippen LogP contribution in [0.1, 0.15) is 16.8 Å². The van der Waals surface area contributed by atoms with Gasteiger partial charge in [0.25, 0.3) is 5.91 Å². The number of piperidine rings is 1. The van der Waals surface area contributed by atoms with Crippen molar-refractivity contribution in [2.45, 2.75) is 18.6 Å². The lowest BCUT2D eigenvalue weighted by atomic mass is 10.0. The number of ether oxygens (including phenoxy) is 1. The molecule has 114 valence electrons. The Morgan fingerprint density at radius 1 is 1.43 bits per heavy atom. The molecule has 6 nitrogen and oxygen atoms in total. The molecule has 0 unspecified atom stereocenters. The largest absolute Gasteiger partial charge is 0.490 e. The van der Waals surface area contributed by atoms with Gasteiger partial charge in [-0.15, -0.1) is 0 Å². The Kier molecular flexibility index (Phi) is 3.73. The Morgan fingerprint density at radius 3 is 3.00 bits per heavy atom. The van der Waals surface area contributed by atoms with Crippen molar-refractivity contribution in [2.24, 2.45) is 5.73 Å². The minimum Gasteiger partial charge on any atom is -0.490 e. The van der Waals surface area contributed by atoms with E-state index < -0.39 is 6.10 Å². The van der Waals surface area contributed by atoms with Crippen LogP contribution in [0.2, 0.25) is 0 Å². The number of nitrogens with zero attached hydrogens (tertiary/aromatic N) is 2. The van der Waals surface area contributed by atoms with Crippen LogP contribution >= 0.6 is 0 Å². The molecule has 1 aromatic rings. The number of carbonyl (C=O) groups is 1. The molecule has 1 fully saturated rings. The fourth-order valence-corrected chi connectivity index (χ4v) is 2.95. The van der Waals surface area contributed by atoms with Gasteiger partial charge in [0.2, 0.25) is 0 Å². The molecule has 2 aliphatic rings. The van der Waals surface area contributed by atoms with Crippen molar-refractivity contribution in [2.75, 3.05) is 38.2 Å². The average molecular weight is 291 g/mol. The van der Waals surface area contributed by atoms with Crippen LogP contribution in [0.4, 0.5) is 5.69 Å². The molecule has 1 saturated heterocycles. The number of β-amino-alcohol motifs (C(OH)–C–C–N with tert-alkyl or cyclic N) is 1. The van der Waals surface area contributed by atoms with E-state index in [0.29, 0.717) is 31.7 Å². The third-order valence-corrected chi connectivity index (χ3v) is 4.05. The molecule has 1 aromatic carbocycles. The topological polar surface area (TPSA) is 79.0 Å². The summed E-state index contributed by atoms with van der Waals surface area (Å²) in [4.78, 5) is 16.3. The Morgan fingerprint density at radius 2 is 2.24 bits per heavy atom. The van der Waals surface area contributed by atoms with Crippen molar-refractivity contribution >= 4 is 11.6 Å². The summed E-state index contributed by atoms with van der Waals surface area (Å²) < 4.78 is 5.63. The number of fused-ring (bicyclic) bond motifs is 1. The Labute approximate surface area is 124 Å². The fraction of sp³-hybridized carbons (Fsp3) is 0.533. The van der Waals surface area contributed by atoms with Crippen molar-refractivity contribution in [1.29, 1.82) is 0 Å². The van der Waals surface area contributed by atoms with Crippen LogP contribution in [0.5, 0.6) is 5.75 Å². The molecule has 2 heterocycles. The Bertz CT molecular complexity index is 539. The van der Waals surface area contributed by atoms with E-state index in [1.165, 1.54) is 0 Å². The predicted octanol–water partition coefficient (Wildman–Crippen LogP) is 0.0493. The summed E-state index contributed by atoms with van der Waals surface area (Å²) in [5, 5.41) is 9.77. The lowest BCUT2D eigenvalue weighted by Gasteiger charge is -2.34. The molecule has 0 aromatic heterocycles. The first-order valence-corrected chi connectivity index (χ1v) is 7.25. The summed E-state index contributed by atoms with van der Waals surface area (Å²) in [6, 6.07) is 5.32. The number of nitrogens with two attached hydrogens (primary N) is 1. The van der Waals surface area contributed by atoms with E-state index in [9.17, 15) is 9.90 Å². The van der Waals surface area contributed by atoms with Gasteiger partial charge in [0.1, 0.15) is 12.4 Å². The van der Waals surface area contributed by atoms with Gasteiger partial charge in [-0.3, -0.25) is 4.79 Å². The maximum atomic E-state index is 12.5. The van der Waals surface area contributed by atoms with Crippen molar-refractivity contribution in [3.8, 4) is 5.75 Å². The average Bonchev–Trinajstić information content (AvgIpc) is 2.45. The number of likely N-dealkylation sites (tertiary alicyclic amines) is 1. The van der Waals surface area contributed by atoms with E-state index in [-0.39, 0.29) is 11.9 Å². The molecule has 0 spiro atoms. The third-order valence-electron chi connectivity index (χ3n) is 4.05. The SMILES string of the molecule is CN1CCOc2cc(C(=O)N3C[C@@H](N)C[C@@H](O)C3)ccc21. The van der Waals surface area contributed by atoms with Gasteiger partial charge in [-0.05, 0) is 24.6 Å². The van der Waals surface area contributed by atoms with E-state index in [1.807, 2.05) is 13.1 Å². The smallest absolute Gasteiger partial charge is 0.254 e. The van der Waals surface area contributed by atoms with Gasteiger partial charge in [0.05, 0.1) is 18.3 Å². The van der Waals surface area contributed by atoms with Gasteiger partial charge < -0.3 is 25.4 Å². The molecule has 3 N–H and O–H groups in total. The monoisotopic (exact) mass is 291 g/mol. The molecular weight excluding hydrogens is 270 g/mol. The standard InChI is InChI=1S/C15H21N3O3/c1-17-4-5-21-14-6-10(2-3-13(14)17)15(20)18-8-11(16)7-12(19)9-18/h2-3,6,11-12,19H,4-5,7-9,16H2,1H3/t11-,12+/m0/s1. The fourth-order valence-electron chi connectivity index (χ4n) is 2.95. The Balaban J connectivity index is 1.82. The Hall–Kier alpha value is -1.79. The number of benzene rings is 1. The van der Waals surface area contributed by atoms with Gasteiger partial charge >= 0.3 is 0 Å². The van der Waals surface area contributed by atoms with Gasteiger partial charge in [0, 0.05) is 31.7 Å². The summed E-state index contributed by atoms with van der Waals surface area (Å²) in [5.41, 5.74) is 7.44. The van der Waals surface area contributed by atoms with Crippen LogP contribution in [-0.4, -0.2) is 61.3 Å². The molecule has 0 bridgehead atoms. The van der Waals surface area contributed by atoms with E-state index in [4.69, 9.17) is 10.5 Å². The molecule has 3 rings (SSSR count). The summed E-state index contributed by atoms with van der Waals surface area (Å²) in [7, 11) is 2.00. The molecule has 0 saturated carbocycles. The second-order valence-electron chi connectivity index (χ2n) is 5.81. The van der Waals surface area contributed by atoms with Gasteiger partial charge in [-0.2, -0.15) is 0 Å². The molecule has 0 radical (unpaired) electrons. The number of aliphatic hydroxyl groups is 1. The molecule has 2 aliphatic heterocycles. The third kappa shape index (κ3) is 2.82. The lowest BCUT2D eigenvalue weighted by molar-refractivity contribution is 0.0423. The summed E-state index contributed by atoms with van der Waals surface area (Å²) in [6.45, 7) is 2.28. The lowest BCUT2D eigenvalue weighted by Crippen LogP contribution is -2.51. The number of aliphatic hydroxyl groups excluding tert-OH is 1. The first kappa shape index (κ1) is 14.2. The highest BCUT2D eigenvalue weighted by Crippen LogP contribution is 2.32. The van der Waals surface area contributed by atoms with Crippen molar-refractivity contribution < 1.29 is 14.6 Å². The molecule has 21 heavy (non-hydrogen) atoms. The number of anilines is 1. The number of rotatable bonds is 1. The van der Waals surface area contributed by atoms with Crippen molar-refractivity contribution in [3.05, 3.63) is 23.8 Å². The maximum absolute atomic E-state index is 12.5. The zero-order valence-electron chi connectivity index (χ0n) is 12.2. The molecule has 0 aliphatic carbocycles. The normalized spacial score (nSPS) is 25.3. The number of likely N-dealkylation sites (N-methyl/N-ethyl adjacent to an activating group) is 1. The first-order valence-electron chi connectivity index (χ1n) is 7.25. The van der Waals surface area contributed by atoms with E-state index in [0.717, 1.165) is 18.0 Å². The second kappa shape index (κ2) is 5.54. The molecule has 2 atom stereocenters. The zero-order valence-corrected chi connectivity index (χ0v) is 12.2. The highest BCUT2D eigenvalue weighted by atomic mass is 16.5. The van der Waals surface area contributed by atoms with Crippen LogP contribution in [-0.2, 0) is 0 Å². The van der Waals surface area contributed by atoms with Crippen LogP contribution < -0.4 is 15.4 Å². The summed E-state index contributed by atoms with van der Waals surface area (Å²) in [5.74, 6) is 0.625. The number of hydrogen-bond donors (Lipinski definition) is 2. The van der Waals surface area contributed by atoms with Crippen LogP contribution in [0, 0.1) is 0 Å². The van der Waals surface area contributed by atoms with Gasteiger partial charge in [-0.25, -0.2) is 0 Å². The van der Waals surface area contributed by atoms with Crippen molar-refractivity contribution in [1.82, 2.24) is 4.90 Å². The molecule has 6 heteroatoms. The van der Waals surface area contributed by atoms with E-state index >= 15 is 0 Å². The first-order chi connectivity index (χ1) is 10.0. The molecule has 1 amide bonds. The van der Waals surface area contributed by atoms with E-state index in [2.05, 4.69) is 4.90 Å². The number of amides is 1. The number of carbonyl (C=O) groups excluding carboxylic acids is 1. The summed E-state index contributed by atoms with van der Waals surface area (Å²) in [6.07, 6.45) is -0.000261. The number of hydrogen-bond acceptors (Lipinski definition) is 5. The minimum absolute atomic E-state index is 0.108. The van der Waals surface area contributed by atoms with Gasteiger partial charge in [-0.1, -0.05) is 0 Å². The quantitative estimate of drug-likeness (QED) is 0.764. The van der Waals surface area contributed by atoms with Gasteiger partial charge in [0.15, 0.2) is 0 Å². The van der Waals surface area contributed by atoms with Crippen molar-refractivity contribution in [3.63, 3.8) is 0 Å². The minimum atomic E-state index is -0.544. The zero-order chi connectivity index (χ0) is 15.0. The highest BCUT2D eigenvalue weighted by molar-refractivity contribution is 5.95. The highest BCUT2D eigenvalue weighted by Gasteiger charge is 2.28. The predicted molar refractivity (Wildman–Crippen MR) is 79.7 cm³/mol.